The van der Waals surface area contributed by atoms with Crippen LogP contribution in [0.3, 0.4) is 0 Å². The van der Waals surface area contributed by atoms with E-state index in [-0.39, 0.29) is 0 Å². The van der Waals surface area contributed by atoms with Gasteiger partial charge in [-0.3, -0.25) is 9.58 Å². The minimum Gasteiger partial charge on any atom is -0.376 e. The van der Waals surface area contributed by atoms with Crippen LogP contribution in [0.25, 0.3) is 0 Å². The highest BCUT2D eigenvalue weighted by atomic mass is 16.5. The van der Waals surface area contributed by atoms with E-state index in [0.29, 0.717) is 25.0 Å². The van der Waals surface area contributed by atoms with E-state index >= 15 is 0 Å². The van der Waals surface area contributed by atoms with Gasteiger partial charge in [-0.15, -0.1) is 0 Å². The lowest BCUT2D eigenvalue weighted by atomic mass is 10.1. The van der Waals surface area contributed by atoms with Crippen molar-refractivity contribution in [3.8, 4) is 0 Å². The smallest absolute Gasteiger partial charge is 0.223 e. The molecule has 1 aliphatic heterocycles. The number of nitrogens with zero attached hydrogens (tertiary/aromatic N) is 5. The molecule has 1 fully saturated rings. The van der Waals surface area contributed by atoms with Crippen LogP contribution in [0.15, 0.2) is 16.9 Å². The largest absolute Gasteiger partial charge is 0.376 e. The lowest BCUT2D eigenvalue weighted by Gasteiger charge is -2.32. The van der Waals surface area contributed by atoms with Gasteiger partial charge in [0.05, 0.1) is 18.9 Å². The third-order valence-electron chi connectivity index (χ3n) is 3.88. The molecule has 3 heterocycles. The standard InChI is InChI=1S/C15H23N5O2/c1-12-17-15(18-22-12)5-7-21-14-4-3-6-20(11-14)10-13-8-16-19(2)9-13/h8-9,14H,3-7,10-11H2,1-2H3. The van der Waals surface area contributed by atoms with Crippen molar-refractivity contribution < 1.29 is 9.26 Å². The van der Waals surface area contributed by atoms with Crippen molar-refractivity contribution >= 4 is 0 Å². The molecule has 3 rings (SSSR count). The molecule has 0 radical (unpaired) electrons. The number of aryl methyl sites for hydroxylation is 2. The Kier molecular flexibility index (Phi) is 4.84. The average Bonchev–Trinajstić information content (AvgIpc) is 3.08. The van der Waals surface area contributed by atoms with Gasteiger partial charge in [-0.2, -0.15) is 10.1 Å². The highest BCUT2D eigenvalue weighted by molar-refractivity contribution is 5.03. The van der Waals surface area contributed by atoms with E-state index in [2.05, 4.69) is 26.3 Å². The molecule has 1 saturated heterocycles. The van der Waals surface area contributed by atoms with E-state index in [4.69, 9.17) is 9.26 Å². The normalized spacial score (nSPS) is 19.6. The Hall–Kier alpha value is -1.73. The van der Waals surface area contributed by atoms with Gasteiger partial charge in [0.1, 0.15) is 0 Å². The van der Waals surface area contributed by atoms with E-state index in [1.54, 1.807) is 6.92 Å². The molecule has 0 spiro atoms. The molecule has 2 aromatic heterocycles. The van der Waals surface area contributed by atoms with Gasteiger partial charge in [-0.05, 0) is 19.4 Å². The minimum absolute atomic E-state index is 0.290. The first-order chi connectivity index (χ1) is 10.7. The molecule has 7 heteroatoms. The number of rotatable bonds is 6. The molecule has 0 aromatic carbocycles. The molecular weight excluding hydrogens is 282 g/mol. The molecular formula is C15H23N5O2. The molecule has 120 valence electrons. The molecule has 0 saturated carbocycles. The highest BCUT2D eigenvalue weighted by Crippen LogP contribution is 2.16. The Balaban J connectivity index is 1.42. The monoisotopic (exact) mass is 305 g/mol. The third kappa shape index (κ3) is 4.14. The van der Waals surface area contributed by atoms with Crippen LogP contribution in [0.5, 0.6) is 0 Å². The maximum absolute atomic E-state index is 5.99. The van der Waals surface area contributed by atoms with Crippen LogP contribution in [0, 0.1) is 6.92 Å². The van der Waals surface area contributed by atoms with Gasteiger partial charge in [0, 0.05) is 45.2 Å². The van der Waals surface area contributed by atoms with E-state index in [9.17, 15) is 0 Å². The van der Waals surface area contributed by atoms with Gasteiger partial charge < -0.3 is 9.26 Å². The number of hydrogen-bond donors (Lipinski definition) is 0. The van der Waals surface area contributed by atoms with Crippen LogP contribution in [0.4, 0.5) is 0 Å². The summed E-state index contributed by atoms with van der Waals surface area (Å²) in [6, 6.07) is 0. The van der Waals surface area contributed by atoms with Gasteiger partial charge >= 0.3 is 0 Å². The molecule has 1 aliphatic rings. The number of piperidine rings is 1. The van der Waals surface area contributed by atoms with E-state index in [1.165, 1.54) is 12.0 Å². The summed E-state index contributed by atoms with van der Waals surface area (Å²) in [5.74, 6) is 1.33. The maximum atomic E-state index is 5.99. The first-order valence-corrected chi connectivity index (χ1v) is 7.80. The van der Waals surface area contributed by atoms with Crippen molar-refractivity contribution in [1.82, 2.24) is 24.8 Å². The van der Waals surface area contributed by atoms with Crippen molar-refractivity contribution in [3.63, 3.8) is 0 Å². The summed E-state index contributed by atoms with van der Waals surface area (Å²) in [4.78, 5) is 6.62. The van der Waals surface area contributed by atoms with Crippen LogP contribution in [-0.4, -0.2) is 50.6 Å². The van der Waals surface area contributed by atoms with Gasteiger partial charge in [0.25, 0.3) is 0 Å². The molecule has 2 aromatic rings. The van der Waals surface area contributed by atoms with Crippen molar-refractivity contribution in [2.24, 2.45) is 7.05 Å². The van der Waals surface area contributed by atoms with E-state index < -0.39 is 0 Å². The predicted octanol–water partition coefficient (Wildman–Crippen LogP) is 1.34. The summed E-state index contributed by atoms with van der Waals surface area (Å²) < 4.78 is 12.8. The molecule has 0 N–H and O–H groups in total. The van der Waals surface area contributed by atoms with Gasteiger partial charge in [-0.1, -0.05) is 5.16 Å². The quantitative estimate of drug-likeness (QED) is 0.802. The zero-order valence-electron chi connectivity index (χ0n) is 13.2. The summed E-state index contributed by atoms with van der Waals surface area (Å²) in [6.07, 6.45) is 7.29. The molecule has 1 atom stereocenters. The number of ether oxygens (including phenoxy) is 1. The zero-order valence-corrected chi connectivity index (χ0v) is 13.2. The van der Waals surface area contributed by atoms with Crippen molar-refractivity contribution in [2.75, 3.05) is 19.7 Å². The zero-order chi connectivity index (χ0) is 15.4. The summed E-state index contributed by atoms with van der Waals surface area (Å²) in [6.45, 7) is 5.48. The fourth-order valence-corrected chi connectivity index (χ4v) is 2.86. The van der Waals surface area contributed by atoms with Crippen LogP contribution < -0.4 is 0 Å². The second-order valence-electron chi connectivity index (χ2n) is 5.87. The van der Waals surface area contributed by atoms with Gasteiger partial charge in [-0.25, -0.2) is 0 Å². The predicted molar refractivity (Wildman–Crippen MR) is 80.2 cm³/mol. The van der Waals surface area contributed by atoms with E-state index in [0.717, 1.165) is 31.9 Å². The molecule has 0 bridgehead atoms. The molecule has 0 aliphatic carbocycles. The first-order valence-electron chi connectivity index (χ1n) is 7.80. The molecule has 0 amide bonds. The number of aromatic nitrogens is 4. The summed E-state index contributed by atoms with van der Waals surface area (Å²) in [5, 5.41) is 8.11. The SMILES string of the molecule is Cc1nc(CCOC2CCCN(Cc3cnn(C)c3)C2)no1. The first kappa shape index (κ1) is 15.2. The Morgan fingerprint density at radius 2 is 2.36 bits per heavy atom. The molecule has 7 nitrogen and oxygen atoms in total. The molecule has 22 heavy (non-hydrogen) atoms. The fourth-order valence-electron chi connectivity index (χ4n) is 2.86. The lowest BCUT2D eigenvalue weighted by Crippen LogP contribution is -2.39. The van der Waals surface area contributed by atoms with Crippen molar-refractivity contribution in [3.05, 3.63) is 29.7 Å². The second kappa shape index (κ2) is 7.02. The number of likely N-dealkylation sites (tertiary alicyclic amines) is 1. The van der Waals surface area contributed by atoms with Crippen LogP contribution in [0.2, 0.25) is 0 Å². The van der Waals surface area contributed by atoms with Gasteiger partial charge in [0.15, 0.2) is 5.82 Å². The Bertz CT molecular complexity index is 594. The summed E-state index contributed by atoms with van der Waals surface area (Å²) >= 11 is 0. The minimum atomic E-state index is 0.290. The maximum Gasteiger partial charge on any atom is 0.223 e. The van der Waals surface area contributed by atoms with Gasteiger partial charge in [0.2, 0.25) is 5.89 Å². The van der Waals surface area contributed by atoms with Crippen LogP contribution in [-0.2, 0) is 24.8 Å². The summed E-state index contributed by atoms with van der Waals surface area (Å²) in [5.41, 5.74) is 1.26. The average molecular weight is 305 g/mol. The molecule has 1 unspecified atom stereocenters. The number of hydrogen-bond acceptors (Lipinski definition) is 6. The van der Waals surface area contributed by atoms with Crippen LogP contribution in [0.1, 0.15) is 30.1 Å². The highest BCUT2D eigenvalue weighted by Gasteiger charge is 2.21. The lowest BCUT2D eigenvalue weighted by molar-refractivity contribution is -0.00175. The third-order valence-corrected chi connectivity index (χ3v) is 3.88. The van der Waals surface area contributed by atoms with Crippen LogP contribution >= 0.6 is 0 Å². The summed E-state index contributed by atoms with van der Waals surface area (Å²) in [7, 11) is 1.95. The van der Waals surface area contributed by atoms with Crippen molar-refractivity contribution in [2.45, 2.75) is 38.8 Å². The van der Waals surface area contributed by atoms with Crippen molar-refractivity contribution in [1.29, 1.82) is 0 Å². The van der Waals surface area contributed by atoms with E-state index in [1.807, 2.05) is 17.9 Å². The Morgan fingerprint density at radius 1 is 1.45 bits per heavy atom. The topological polar surface area (TPSA) is 69.2 Å². The fraction of sp³-hybridized carbons (Fsp3) is 0.667. The Labute approximate surface area is 130 Å². The Morgan fingerprint density at radius 3 is 3.09 bits per heavy atom. The second-order valence-corrected chi connectivity index (χ2v) is 5.87.